The standard InChI is InChI=1S/C24H47NO3/c1-3-5-7-9-11-13-15-18-23(17-14-12-10-8-6-4-2)28-22-16-20-25-21-19-24(26)27/h17,25H,3-16,18-22H2,1-2H3,(H,26,27)/b23-17-. The quantitative estimate of drug-likeness (QED) is 0.155. The van der Waals surface area contributed by atoms with E-state index in [2.05, 4.69) is 25.2 Å². The van der Waals surface area contributed by atoms with Gasteiger partial charge in [0.1, 0.15) is 0 Å². The molecule has 0 rings (SSSR count). The molecule has 0 aliphatic heterocycles. The molecule has 0 bridgehead atoms. The third kappa shape index (κ3) is 21.3. The number of carbonyl (C=O) groups is 1. The predicted octanol–water partition coefficient (Wildman–Crippen LogP) is 6.84. The summed E-state index contributed by atoms with van der Waals surface area (Å²) in [5.74, 6) is 0.428. The van der Waals surface area contributed by atoms with Crippen LogP contribution in [0.2, 0.25) is 0 Å². The van der Waals surface area contributed by atoms with Crippen LogP contribution in [0.1, 0.15) is 117 Å². The van der Waals surface area contributed by atoms with E-state index in [1.54, 1.807) is 0 Å². The molecular weight excluding hydrogens is 350 g/mol. The fourth-order valence-corrected chi connectivity index (χ4v) is 3.22. The number of nitrogens with one attached hydrogen (secondary N) is 1. The summed E-state index contributed by atoms with van der Waals surface area (Å²) < 4.78 is 6.05. The van der Waals surface area contributed by atoms with Crippen LogP contribution in [-0.4, -0.2) is 30.8 Å². The fourth-order valence-electron chi connectivity index (χ4n) is 3.22. The second kappa shape index (κ2) is 22.3. The maximum absolute atomic E-state index is 10.5. The lowest BCUT2D eigenvalue weighted by Gasteiger charge is -2.12. The maximum atomic E-state index is 10.5. The number of hydrogen-bond donors (Lipinski definition) is 2. The Morgan fingerprint density at radius 3 is 2.04 bits per heavy atom. The number of allylic oxidation sites excluding steroid dienone is 2. The van der Waals surface area contributed by atoms with Gasteiger partial charge in [0.05, 0.1) is 18.8 Å². The van der Waals surface area contributed by atoms with E-state index in [1.807, 2.05) is 0 Å². The van der Waals surface area contributed by atoms with Gasteiger partial charge in [-0.25, -0.2) is 0 Å². The molecular formula is C24H47NO3. The molecule has 0 unspecified atom stereocenters. The number of hydrogen-bond acceptors (Lipinski definition) is 3. The molecule has 0 heterocycles. The minimum absolute atomic E-state index is 0.183. The molecule has 0 aromatic carbocycles. The Balaban J connectivity index is 3.95. The number of aliphatic carboxylic acids is 1. The molecule has 2 N–H and O–H groups in total. The topological polar surface area (TPSA) is 58.6 Å². The number of ether oxygens (including phenoxy) is 1. The smallest absolute Gasteiger partial charge is 0.304 e. The van der Waals surface area contributed by atoms with E-state index in [0.29, 0.717) is 6.54 Å². The van der Waals surface area contributed by atoms with Crippen LogP contribution >= 0.6 is 0 Å². The summed E-state index contributed by atoms with van der Waals surface area (Å²) in [6, 6.07) is 0. The molecule has 0 atom stereocenters. The predicted molar refractivity (Wildman–Crippen MR) is 120 cm³/mol. The van der Waals surface area contributed by atoms with Crippen molar-refractivity contribution >= 4 is 5.97 Å². The van der Waals surface area contributed by atoms with E-state index in [-0.39, 0.29) is 6.42 Å². The van der Waals surface area contributed by atoms with Crippen LogP contribution in [0.4, 0.5) is 0 Å². The van der Waals surface area contributed by atoms with Gasteiger partial charge in [-0.1, -0.05) is 78.1 Å². The fraction of sp³-hybridized carbons (Fsp3) is 0.875. The van der Waals surface area contributed by atoms with Gasteiger partial charge in [-0.15, -0.1) is 0 Å². The highest BCUT2D eigenvalue weighted by Crippen LogP contribution is 2.16. The van der Waals surface area contributed by atoms with Gasteiger partial charge < -0.3 is 15.2 Å². The van der Waals surface area contributed by atoms with E-state index >= 15 is 0 Å². The zero-order valence-corrected chi connectivity index (χ0v) is 18.8. The molecule has 0 amide bonds. The summed E-state index contributed by atoms with van der Waals surface area (Å²) in [5, 5.41) is 11.8. The van der Waals surface area contributed by atoms with Crippen molar-refractivity contribution in [1.29, 1.82) is 0 Å². The number of carboxylic acids is 1. The Morgan fingerprint density at radius 2 is 1.39 bits per heavy atom. The Labute approximate surface area is 174 Å². The zero-order valence-electron chi connectivity index (χ0n) is 18.8. The molecule has 0 saturated heterocycles. The van der Waals surface area contributed by atoms with Gasteiger partial charge in [0.15, 0.2) is 0 Å². The molecule has 4 heteroatoms. The van der Waals surface area contributed by atoms with Gasteiger partial charge in [0.25, 0.3) is 0 Å². The molecule has 0 aromatic rings. The number of unbranched alkanes of at least 4 members (excludes halogenated alkanes) is 11. The molecule has 0 aliphatic rings. The second-order valence-electron chi connectivity index (χ2n) is 7.84. The van der Waals surface area contributed by atoms with Crippen molar-refractivity contribution < 1.29 is 14.6 Å². The molecule has 0 radical (unpaired) electrons. The normalized spacial score (nSPS) is 11.7. The van der Waals surface area contributed by atoms with Gasteiger partial charge in [-0.05, 0) is 38.3 Å². The average Bonchev–Trinajstić information content (AvgIpc) is 2.68. The van der Waals surface area contributed by atoms with Crippen LogP contribution in [0.25, 0.3) is 0 Å². The van der Waals surface area contributed by atoms with E-state index in [0.717, 1.165) is 32.4 Å². The SMILES string of the molecule is CCCCCCC/C=C(/CCCCCCCCC)OCCCNCCC(=O)O. The zero-order chi connectivity index (χ0) is 20.7. The van der Waals surface area contributed by atoms with Crippen LogP contribution < -0.4 is 5.32 Å². The van der Waals surface area contributed by atoms with Crippen LogP contribution in [-0.2, 0) is 9.53 Å². The molecule has 0 aromatic heterocycles. The number of rotatable bonds is 22. The van der Waals surface area contributed by atoms with Gasteiger partial charge in [-0.3, -0.25) is 4.79 Å². The van der Waals surface area contributed by atoms with Gasteiger partial charge in [0.2, 0.25) is 0 Å². The molecule has 0 spiro atoms. The van der Waals surface area contributed by atoms with Crippen LogP contribution in [0, 0.1) is 0 Å². The van der Waals surface area contributed by atoms with Gasteiger partial charge >= 0.3 is 5.97 Å². The molecule has 0 saturated carbocycles. The van der Waals surface area contributed by atoms with Crippen LogP contribution in [0.5, 0.6) is 0 Å². The molecule has 0 aliphatic carbocycles. The third-order valence-electron chi connectivity index (χ3n) is 5.01. The van der Waals surface area contributed by atoms with E-state index in [9.17, 15) is 4.79 Å². The van der Waals surface area contributed by atoms with Crippen LogP contribution in [0.3, 0.4) is 0 Å². The Morgan fingerprint density at radius 1 is 0.786 bits per heavy atom. The minimum atomic E-state index is -0.748. The second-order valence-corrected chi connectivity index (χ2v) is 7.84. The summed E-state index contributed by atoms with van der Waals surface area (Å²) in [4.78, 5) is 10.5. The minimum Gasteiger partial charge on any atom is -0.498 e. The Hall–Kier alpha value is -1.03. The van der Waals surface area contributed by atoms with Crippen molar-refractivity contribution in [2.24, 2.45) is 0 Å². The average molecular weight is 398 g/mol. The largest absolute Gasteiger partial charge is 0.498 e. The van der Waals surface area contributed by atoms with E-state index in [4.69, 9.17) is 9.84 Å². The lowest BCUT2D eigenvalue weighted by atomic mass is 10.1. The summed E-state index contributed by atoms with van der Waals surface area (Å²) in [6.07, 6.45) is 21.5. The molecule has 28 heavy (non-hydrogen) atoms. The Kier molecular flexibility index (Phi) is 21.4. The highest BCUT2D eigenvalue weighted by atomic mass is 16.5. The monoisotopic (exact) mass is 397 g/mol. The van der Waals surface area contributed by atoms with Crippen molar-refractivity contribution in [2.75, 3.05) is 19.7 Å². The maximum Gasteiger partial charge on any atom is 0.304 e. The summed E-state index contributed by atoms with van der Waals surface area (Å²) in [7, 11) is 0. The molecule has 0 fully saturated rings. The van der Waals surface area contributed by atoms with Crippen molar-refractivity contribution in [3.05, 3.63) is 11.8 Å². The van der Waals surface area contributed by atoms with Crippen molar-refractivity contribution in [3.63, 3.8) is 0 Å². The van der Waals surface area contributed by atoms with Crippen molar-refractivity contribution in [1.82, 2.24) is 5.32 Å². The van der Waals surface area contributed by atoms with E-state index in [1.165, 1.54) is 82.8 Å². The highest BCUT2D eigenvalue weighted by Gasteiger charge is 2.01. The lowest BCUT2D eigenvalue weighted by Crippen LogP contribution is -2.20. The van der Waals surface area contributed by atoms with Gasteiger partial charge in [0, 0.05) is 13.0 Å². The van der Waals surface area contributed by atoms with E-state index < -0.39 is 5.97 Å². The first-order valence-corrected chi connectivity index (χ1v) is 11.9. The lowest BCUT2D eigenvalue weighted by molar-refractivity contribution is -0.136. The van der Waals surface area contributed by atoms with Crippen molar-refractivity contribution in [3.8, 4) is 0 Å². The molecule has 4 nitrogen and oxygen atoms in total. The van der Waals surface area contributed by atoms with Gasteiger partial charge in [-0.2, -0.15) is 0 Å². The summed E-state index contributed by atoms with van der Waals surface area (Å²) >= 11 is 0. The first kappa shape index (κ1) is 27.0. The third-order valence-corrected chi connectivity index (χ3v) is 5.01. The summed E-state index contributed by atoms with van der Waals surface area (Å²) in [6.45, 7) is 6.59. The number of carboxylic acid groups (broad SMARTS) is 1. The first-order chi connectivity index (χ1) is 13.7. The Bertz CT molecular complexity index is 369. The summed E-state index contributed by atoms with van der Waals surface area (Å²) in [5.41, 5.74) is 0. The highest BCUT2D eigenvalue weighted by molar-refractivity contribution is 5.66. The molecule has 166 valence electrons. The van der Waals surface area contributed by atoms with Crippen molar-refractivity contribution in [2.45, 2.75) is 117 Å². The van der Waals surface area contributed by atoms with Crippen LogP contribution in [0.15, 0.2) is 11.8 Å². The first-order valence-electron chi connectivity index (χ1n) is 11.9.